The molecule has 0 atom stereocenters. The predicted octanol–water partition coefficient (Wildman–Crippen LogP) is 6.88. The zero-order chi connectivity index (χ0) is 15.5. The van der Waals surface area contributed by atoms with Crippen LogP contribution in [0, 0.1) is 0 Å². The molecule has 0 radical (unpaired) electrons. The second-order valence-corrected chi connectivity index (χ2v) is 6.80. The number of benzene rings is 2. The molecule has 0 saturated heterocycles. The van der Waals surface area contributed by atoms with Gasteiger partial charge in [0.15, 0.2) is 0 Å². The summed E-state index contributed by atoms with van der Waals surface area (Å²) in [7, 11) is 0. The lowest BCUT2D eigenvalue weighted by Crippen LogP contribution is -1.88. The van der Waals surface area contributed by atoms with Gasteiger partial charge in [-0.05, 0) is 35.4 Å². The first-order valence-corrected chi connectivity index (χ1v) is 9.16. The molecule has 0 aliphatic rings. The molecular weight excluding hydrogens is 284 g/mol. The molecule has 0 bridgehead atoms. The first-order valence-electron chi connectivity index (χ1n) is 8.34. The van der Waals surface area contributed by atoms with Crippen molar-refractivity contribution in [2.24, 2.45) is 0 Å². The van der Waals surface area contributed by atoms with E-state index in [9.17, 15) is 0 Å². The summed E-state index contributed by atoms with van der Waals surface area (Å²) in [6.07, 6.45) is 9.99. The van der Waals surface area contributed by atoms with Crippen LogP contribution < -0.4 is 0 Å². The summed E-state index contributed by atoms with van der Waals surface area (Å²) >= 11 is 1.91. The van der Waals surface area contributed by atoms with Crippen molar-refractivity contribution in [3.8, 4) is 0 Å². The highest BCUT2D eigenvalue weighted by atomic mass is 32.2. The van der Waals surface area contributed by atoms with Gasteiger partial charge in [0.25, 0.3) is 0 Å². The maximum atomic E-state index is 2.44. The van der Waals surface area contributed by atoms with Gasteiger partial charge in [-0.2, -0.15) is 0 Å². The molecule has 116 valence electrons. The standard InChI is InChI=1S/C21H26S/c1-2-3-4-5-10-17-21(18-19-13-8-6-9-14-19)22-20-15-11-7-12-16-20/h6-9,11-17H,2-5,10,18H2,1H3. The van der Waals surface area contributed by atoms with Crippen molar-refractivity contribution in [1.29, 1.82) is 0 Å². The number of rotatable bonds is 9. The SMILES string of the molecule is CCCCCCC=C(Cc1ccccc1)Sc1ccccc1. The molecule has 0 unspecified atom stereocenters. The van der Waals surface area contributed by atoms with Gasteiger partial charge in [0.2, 0.25) is 0 Å². The summed E-state index contributed by atoms with van der Waals surface area (Å²) < 4.78 is 0. The fourth-order valence-electron chi connectivity index (χ4n) is 2.42. The Hall–Kier alpha value is -1.47. The second-order valence-electron chi connectivity index (χ2n) is 5.60. The summed E-state index contributed by atoms with van der Waals surface area (Å²) in [5, 5.41) is 0. The molecule has 0 N–H and O–H groups in total. The van der Waals surface area contributed by atoms with Gasteiger partial charge in [0.1, 0.15) is 0 Å². The second kappa shape index (κ2) is 10.3. The third-order valence-electron chi connectivity index (χ3n) is 3.64. The number of thioether (sulfide) groups is 1. The lowest BCUT2D eigenvalue weighted by molar-refractivity contribution is 0.674. The van der Waals surface area contributed by atoms with Crippen LogP contribution in [-0.4, -0.2) is 0 Å². The molecule has 0 saturated carbocycles. The average Bonchev–Trinajstić information content (AvgIpc) is 2.56. The number of hydrogen-bond donors (Lipinski definition) is 0. The van der Waals surface area contributed by atoms with Crippen molar-refractivity contribution in [2.45, 2.75) is 50.3 Å². The molecule has 0 aliphatic carbocycles. The minimum absolute atomic E-state index is 1.04. The van der Waals surface area contributed by atoms with E-state index in [1.165, 1.54) is 47.5 Å². The Morgan fingerprint density at radius 2 is 1.55 bits per heavy atom. The van der Waals surface area contributed by atoms with E-state index in [2.05, 4.69) is 73.7 Å². The molecule has 0 spiro atoms. The molecule has 0 amide bonds. The van der Waals surface area contributed by atoms with Crippen LogP contribution in [0.25, 0.3) is 0 Å². The Kier molecular flexibility index (Phi) is 7.90. The van der Waals surface area contributed by atoms with Gasteiger partial charge < -0.3 is 0 Å². The van der Waals surface area contributed by atoms with Crippen molar-refractivity contribution in [3.05, 3.63) is 77.2 Å². The summed E-state index contributed by atoms with van der Waals surface area (Å²) in [4.78, 5) is 2.80. The van der Waals surface area contributed by atoms with Gasteiger partial charge in [-0.3, -0.25) is 0 Å². The van der Waals surface area contributed by atoms with Crippen LogP contribution in [0.1, 0.15) is 44.6 Å². The van der Waals surface area contributed by atoms with Crippen LogP contribution in [0.4, 0.5) is 0 Å². The Labute approximate surface area is 139 Å². The molecule has 2 aromatic rings. The Morgan fingerprint density at radius 1 is 0.864 bits per heavy atom. The average molecular weight is 311 g/mol. The van der Waals surface area contributed by atoms with Gasteiger partial charge in [-0.25, -0.2) is 0 Å². The van der Waals surface area contributed by atoms with Gasteiger partial charge in [0.05, 0.1) is 0 Å². The van der Waals surface area contributed by atoms with E-state index in [0.717, 1.165) is 6.42 Å². The smallest absolute Gasteiger partial charge is 0.0119 e. The largest absolute Gasteiger partial charge is 0.0945 e. The topological polar surface area (TPSA) is 0 Å². The molecule has 22 heavy (non-hydrogen) atoms. The monoisotopic (exact) mass is 310 g/mol. The van der Waals surface area contributed by atoms with Crippen LogP contribution in [0.5, 0.6) is 0 Å². The Balaban J connectivity index is 1.98. The number of unbranched alkanes of at least 4 members (excludes halogenated alkanes) is 4. The normalized spacial score (nSPS) is 11.6. The fraction of sp³-hybridized carbons (Fsp3) is 0.333. The highest BCUT2D eigenvalue weighted by Gasteiger charge is 2.02. The van der Waals surface area contributed by atoms with Crippen molar-refractivity contribution >= 4 is 11.8 Å². The quantitative estimate of drug-likeness (QED) is 0.359. The minimum atomic E-state index is 1.04. The zero-order valence-electron chi connectivity index (χ0n) is 13.5. The van der Waals surface area contributed by atoms with Crippen LogP contribution in [0.15, 0.2) is 76.5 Å². The predicted molar refractivity (Wildman–Crippen MR) is 99.3 cm³/mol. The van der Waals surface area contributed by atoms with Crippen molar-refractivity contribution in [1.82, 2.24) is 0 Å². The third-order valence-corrected chi connectivity index (χ3v) is 4.72. The fourth-order valence-corrected chi connectivity index (χ4v) is 3.46. The summed E-state index contributed by atoms with van der Waals surface area (Å²) in [5.74, 6) is 0. The summed E-state index contributed by atoms with van der Waals surface area (Å²) in [6, 6.07) is 21.5. The lowest BCUT2D eigenvalue weighted by atomic mass is 10.1. The van der Waals surface area contributed by atoms with Gasteiger partial charge >= 0.3 is 0 Å². The van der Waals surface area contributed by atoms with Crippen LogP contribution in [-0.2, 0) is 6.42 Å². The zero-order valence-corrected chi connectivity index (χ0v) is 14.3. The van der Waals surface area contributed by atoms with Gasteiger partial charge in [-0.1, -0.05) is 92.6 Å². The molecular formula is C21H26S. The minimum Gasteiger partial charge on any atom is -0.0945 e. The van der Waals surface area contributed by atoms with Crippen LogP contribution >= 0.6 is 11.8 Å². The molecule has 2 rings (SSSR count). The van der Waals surface area contributed by atoms with E-state index < -0.39 is 0 Å². The molecule has 0 fully saturated rings. The van der Waals surface area contributed by atoms with Gasteiger partial charge in [-0.15, -0.1) is 0 Å². The molecule has 0 nitrogen and oxygen atoms in total. The molecule has 0 heterocycles. The van der Waals surface area contributed by atoms with Crippen LogP contribution in [0.3, 0.4) is 0 Å². The maximum absolute atomic E-state index is 2.44. The summed E-state index contributed by atoms with van der Waals surface area (Å²) in [6.45, 7) is 2.27. The molecule has 0 aromatic heterocycles. The Bertz CT molecular complexity index is 499. The van der Waals surface area contributed by atoms with Crippen molar-refractivity contribution < 1.29 is 0 Å². The van der Waals surface area contributed by atoms with E-state index in [0.29, 0.717) is 0 Å². The van der Waals surface area contributed by atoms with E-state index in [1.54, 1.807) is 0 Å². The summed E-state index contributed by atoms with van der Waals surface area (Å²) in [5.41, 5.74) is 1.39. The van der Waals surface area contributed by atoms with Crippen molar-refractivity contribution in [2.75, 3.05) is 0 Å². The lowest BCUT2D eigenvalue weighted by Gasteiger charge is -2.08. The molecule has 2 aromatic carbocycles. The first-order chi connectivity index (χ1) is 10.9. The maximum Gasteiger partial charge on any atom is 0.0119 e. The van der Waals surface area contributed by atoms with E-state index in [4.69, 9.17) is 0 Å². The highest BCUT2D eigenvalue weighted by Crippen LogP contribution is 2.29. The first kappa shape index (κ1) is 16.9. The van der Waals surface area contributed by atoms with E-state index in [1.807, 2.05) is 11.8 Å². The third kappa shape index (κ3) is 6.53. The molecule has 1 heteroatoms. The number of hydrogen-bond acceptors (Lipinski definition) is 1. The highest BCUT2D eigenvalue weighted by molar-refractivity contribution is 8.03. The Morgan fingerprint density at radius 3 is 2.23 bits per heavy atom. The van der Waals surface area contributed by atoms with Crippen molar-refractivity contribution in [3.63, 3.8) is 0 Å². The van der Waals surface area contributed by atoms with Crippen LogP contribution in [0.2, 0.25) is 0 Å². The molecule has 0 aliphatic heterocycles. The van der Waals surface area contributed by atoms with Gasteiger partial charge in [0, 0.05) is 11.3 Å². The van der Waals surface area contributed by atoms with E-state index in [-0.39, 0.29) is 0 Å². The van der Waals surface area contributed by atoms with E-state index >= 15 is 0 Å². The number of allylic oxidation sites excluding steroid dienone is 2.